The zero-order valence-corrected chi connectivity index (χ0v) is 15.6. The second kappa shape index (κ2) is 5.95. The third-order valence-electron chi connectivity index (χ3n) is 5.02. The quantitative estimate of drug-likeness (QED) is 0.495. The van der Waals surface area contributed by atoms with E-state index in [4.69, 9.17) is 0 Å². The minimum Gasteiger partial charge on any atom is -0.300 e. The zero-order valence-electron chi connectivity index (χ0n) is 14.0. The van der Waals surface area contributed by atoms with E-state index < -0.39 is 0 Å². The van der Waals surface area contributed by atoms with Crippen molar-refractivity contribution in [3.05, 3.63) is 87.0 Å². The number of aryl methyl sites for hydroxylation is 2. The first-order chi connectivity index (χ1) is 12.7. The van der Waals surface area contributed by atoms with Gasteiger partial charge in [0.1, 0.15) is 0 Å². The molecule has 4 aromatic rings. The molecule has 1 aliphatic rings. The van der Waals surface area contributed by atoms with E-state index in [1.54, 1.807) is 8.97 Å². The number of nitrogens with zero attached hydrogens (tertiary/aromatic N) is 3. The van der Waals surface area contributed by atoms with Crippen molar-refractivity contribution in [3.63, 3.8) is 0 Å². The van der Waals surface area contributed by atoms with Gasteiger partial charge in [-0.1, -0.05) is 34.1 Å². The maximum absolute atomic E-state index is 13.0. The molecule has 0 spiro atoms. The molecule has 0 saturated carbocycles. The SMILES string of the molecule is O=c1c2nc(-c3ccc(Br)cc3)cn2ccn1-c1ccc2c(c1)CCC2. The number of imidazole rings is 1. The van der Waals surface area contributed by atoms with E-state index in [9.17, 15) is 4.79 Å². The van der Waals surface area contributed by atoms with Crippen LogP contribution in [0.25, 0.3) is 22.6 Å². The Labute approximate surface area is 158 Å². The van der Waals surface area contributed by atoms with Crippen LogP contribution in [0.3, 0.4) is 0 Å². The van der Waals surface area contributed by atoms with E-state index in [-0.39, 0.29) is 5.56 Å². The fourth-order valence-electron chi connectivity index (χ4n) is 3.65. The first-order valence-electron chi connectivity index (χ1n) is 8.67. The molecule has 4 nitrogen and oxygen atoms in total. The van der Waals surface area contributed by atoms with Crippen LogP contribution >= 0.6 is 15.9 Å². The van der Waals surface area contributed by atoms with Gasteiger partial charge in [0.25, 0.3) is 5.56 Å². The van der Waals surface area contributed by atoms with Crippen LogP contribution in [0.15, 0.2) is 70.3 Å². The van der Waals surface area contributed by atoms with E-state index in [0.29, 0.717) is 5.65 Å². The molecule has 0 atom stereocenters. The Kier molecular flexibility index (Phi) is 3.57. The lowest BCUT2D eigenvalue weighted by molar-refractivity contribution is 0.910. The standard InChI is InChI=1S/C21H16BrN3O/c22-17-7-4-15(5-8-17)19-13-24-10-11-25(21(26)20(24)23-19)18-9-6-14-2-1-3-16(14)12-18/h4-13H,1-3H2. The lowest BCUT2D eigenvalue weighted by Crippen LogP contribution is -2.20. The van der Waals surface area contributed by atoms with Gasteiger partial charge in [0.15, 0.2) is 0 Å². The lowest BCUT2D eigenvalue weighted by Gasteiger charge is -2.08. The van der Waals surface area contributed by atoms with Crippen molar-refractivity contribution < 1.29 is 0 Å². The summed E-state index contributed by atoms with van der Waals surface area (Å²) in [6.45, 7) is 0. The van der Waals surface area contributed by atoms with Crippen LogP contribution in [0.2, 0.25) is 0 Å². The minimum atomic E-state index is -0.103. The molecular formula is C21H16BrN3O. The molecule has 0 N–H and O–H groups in total. The summed E-state index contributed by atoms with van der Waals surface area (Å²) in [5.74, 6) is 0. The molecule has 2 aromatic carbocycles. The number of fused-ring (bicyclic) bond motifs is 2. The monoisotopic (exact) mass is 405 g/mol. The number of hydrogen-bond acceptors (Lipinski definition) is 2. The smallest absolute Gasteiger partial charge is 0.298 e. The summed E-state index contributed by atoms with van der Waals surface area (Å²) < 4.78 is 4.50. The minimum absolute atomic E-state index is 0.103. The van der Waals surface area contributed by atoms with Crippen LogP contribution < -0.4 is 5.56 Å². The van der Waals surface area contributed by atoms with Gasteiger partial charge in [-0.2, -0.15) is 0 Å². The summed E-state index contributed by atoms with van der Waals surface area (Å²) in [4.78, 5) is 17.6. The van der Waals surface area contributed by atoms with E-state index in [1.165, 1.54) is 17.5 Å². The number of benzene rings is 2. The van der Waals surface area contributed by atoms with Gasteiger partial charge < -0.3 is 4.40 Å². The zero-order chi connectivity index (χ0) is 17.7. The molecule has 0 fully saturated rings. The third kappa shape index (κ3) is 2.51. The average molecular weight is 406 g/mol. The Balaban J connectivity index is 1.63. The highest BCUT2D eigenvalue weighted by Gasteiger charge is 2.14. The van der Waals surface area contributed by atoms with Crippen molar-refractivity contribution in [3.8, 4) is 16.9 Å². The summed E-state index contributed by atoms with van der Waals surface area (Å²) in [5.41, 5.74) is 5.78. The van der Waals surface area contributed by atoms with Crippen molar-refractivity contribution in [2.45, 2.75) is 19.3 Å². The van der Waals surface area contributed by atoms with E-state index >= 15 is 0 Å². The molecule has 2 heterocycles. The van der Waals surface area contributed by atoms with Crippen LogP contribution in [0, 0.1) is 0 Å². The second-order valence-electron chi connectivity index (χ2n) is 6.64. The van der Waals surface area contributed by atoms with Crippen molar-refractivity contribution in [1.82, 2.24) is 14.0 Å². The molecule has 0 bridgehead atoms. The molecule has 0 amide bonds. The summed E-state index contributed by atoms with van der Waals surface area (Å²) in [6.07, 6.45) is 9.03. The molecule has 5 rings (SSSR count). The van der Waals surface area contributed by atoms with Crippen LogP contribution in [0.4, 0.5) is 0 Å². The lowest BCUT2D eigenvalue weighted by atomic mass is 10.1. The van der Waals surface area contributed by atoms with E-state index in [2.05, 4.69) is 33.0 Å². The van der Waals surface area contributed by atoms with Gasteiger partial charge in [0.2, 0.25) is 5.65 Å². The highest BCUT2D eigenvalue weighted by molar-refractivity contribution is 9.10. The van der Waals surface area contributed by atoms with Gasteiger partial charge in [0, 0.05) is 34.3 Å². The maximum atomic E-state index is 13.0. The topological polar surface area (TPSA) is 39.3 Å². The van der Waals surface area contributed by atoms with Crippen molar-refractivity contribution >= 4 is 21.6 Å². The van der Waals surface area contributed by atoms with Gasteiger partial charge >= 0.3 is 0 Å². The number of rotatable bonds is 2. The molecule has 0 saturated heterocycles. The van der Waals surface area contributed by atoms with Crippen molar-refractivity contribution in [2.24, 2.45) is 0 Å². The first kappa shape index (κ1) is 15.6. The Morgan fingerprint density at radius 1 is 0.962 bits per heavy atom. The number of halogens is 1. The predicted molar refractivity (Wildman–Crippen MR) is 106 cm³/mol. The summed E-state index contributed by atoms with van der Waals surface area (Å²) in [6, 6.07) is 14.2. The molecule has 26 heavy (non-hydrogen) atoms. The van der Waals surface area contributed by atoms with Gasteiger partial charge in [-0.15, -0.1) is 0 Å². The van der Waals surface area contributed by atoms with Crippen LogP contribution in [-0.4, -0.2) is 14.0 Å². The Morgan fingerprint density at radius 3 is 2.62 bits per heavy atom. The average Bonchev–Trinajstić information content (AvgIpc) is 3.29. The van der Waals surface area contributed by atoms with Gasteiger partial charge in [-0.05, 0) is 54.7 Å². The van der Waals surface area contributed by atoms with Gasteiger partial charge in [0.05, 0.1) is 5.69 Å². The normalized spacial score (nSPS) is 13.3. The number of aromatic nitrogens is 3. The van der Waals surface area contributed by atoms with Crippen LogP contribution in [0.5, 0.6) is 0 Å². The molecule has 1 aliphatic carbocycles. The van der Waals surface area contributed by atoms with Crippen LogP contribution in [-0.2, 0) is 12.8 Å². The number of hydrogen-bond donors (Lipinski definition) is 0. The molecule has 0 aliphatic heterocycles. The molecule has 0 radical (unpaired) electrons. The molecule has 2 aromatic heterocycles. The highest BCUT2D eigenvalue weighted by atomic mass is 79.9. The van der Waals surface area contributed by atoms with Gasteiger partial charge in [-0.3, -0.25) is 9.36 Å². The Morgan fingerprint density at radius 2 is 1.77 bits per heavy atom. The first-order valence-corrected chi connectivity index (χ1v) is 9.47. The maximum Gasteiger partial charge on any atom is 0.298 e. The van der Waals surface area contributed by atoms with Gasteiger partial charge in [-0.25, -0.2) is 4.98 Å². The van der Waals surface area contributed by atoms with E-state index in [1.807, 2.05) is 48.9 Å². The summed E-state index contributed by atoms with van der Waals surface area (Å²) in [7, 11) is 0. The highest BCUT2D eigenvalue weighted by Crippen LogP contribution is 2.24. The summed E-state index contributed by atoms with van der Waals surface area (Å²) >= 11 is 3.44. The fourth-order valence-corrected chi connectivity index (χ4v) is 3.91. The molecule has 0 unspecified atom stereocenters. The largest absolute Gasteiger partial charge is 0.300 e. The second-order valence-corrected chi connectivity index (χ2v) is 7.56. The Hall–Kier alpha value is -2.66. The summed E-state index contributed by atoms with van der Waals surface area (Å²) in [5, 5.41) is 0. The van der Waals surface area contributed by atoms with Crippen molar-refractivity contribution in [2.75, 3.05) is 0 Å². The molecular weight excluding hydrogens is 390 g/mol. The molecule has 128 valence electrons. The fraction of sp³-hybridized carbons (Fsp3) is 0.143. The molecule has 5 heteroatoms. The third-order valence-corrected chi connectivity index (χ3v) is 5.55. The Bertz CT molecular complexity index is 1190. The van der Waals surface area contributed by atoms with Crippen molar-refractivity contribution in [1.29, 1.82) is 0 Å². The predicted octanol–water partition coefficient (Wildman–Crippen LogP) is 4.40. The van der Waals surface area contributed by atoms with Crippen LogP contribution in [0.1, 0.15) is 17.5 Å². The van der Waals surface area contributed by atoms with E-state index in [0.717, 1.165) is 34.3 Å².